The van der Waals surface area contributed by atoms with Crippen LogP contribution in [0.2, 0.25) is 19.1 Å². The molecule has 0 unspecified atom stereocenters. The molecular formula is C19H28Si. The van der Waals surface area contributed by atoms with Crippen LogP contribution in [0, 0.1) is 0 Å². The molecule has 0 aromatic heterocycles. The lowest BCUT2D eigenvalue weighted by Crippen LogP contribution is -2.41. The van der Waals surface area contributed by atoms with Crippen molar-refractivity contribution >= 4 is 13.3 Å². The van der Waals surface area contributed by atoms with Gasteiger partial charge in [0.25, 0.3) is 0 Å². The van der Waals surface area contributed by atoms with E-state index in [9.17, 15) is 0 Å². The van der Waals surface area contributed by atoms with Gasteiger partial charge in [0.1, 0.15) is 0 Å². The van der Waals surface area contributed by atoms with Crippen LogP contribution < -0.4 is 5.19 Å². The number of rotatable bonds is 5. The minimum atomic E-state index is -1.37. The van der Waals surface area contributed by atoms with Crippen LogP contribution in [0.1, 0.15) is 38.5 Å². The molecule has 1 heteroatoms. The second-order valence-electron chi connectivity index (χ2n) is 6.69. The Morgan fingerprint density at radius 3 is 2.35 bits per heavy atom. The Labute approximate surface area is 125 Å². The molecule has 0 radical (unpaired) electrons. The van der Waals surface area contributed by atoms with Crippen molar-refractivity contribution in [2.75, 3.05) is 0 Å². The van der Waals surface area contributed by atoms with Crippen molar-refractivity contribution in [3.8, 4) is 0 Å². The highest BCUT2D eigenvalue weighted by molar-refractivity contribution is 6.90. The third-order valence-corrected chi connectivity index (χ3v) is 7.77. The zero-order chi connectivity index (χ0) is 14.4. The van der Waals surface area contributed by atoms with E-state index >= 15 is 0 Å². The van der Waals surface area contributed by atoms with Crippen LogP contribution in [0.3, 0.4) is 0 Å². The second-order valence-corrected chi connectivity index (χ2v) is 11.4. The predicted octanol–water partition coefficient (Wildman–Crippen LogP) is 5.44. The van der Waals surface area contributed by atoms with Gasteiger partial charge in [-0.05, 0) is 38.1 Å². The van der Waals surface area contributed by atoms with E-state index in [0.717, 1.165) is 6.42 Å². The second kappa shape index (κ2) is 7.08. The lowest BCUT2D eigenvalue weighted by atomic mass is 9.90. The maximum absolute atomic E-state index is 3.98. The SMILES string of the molecule is C=CCC(C[Si](C)(C)c1ccccc1)=C1CCCCC1. The zero-order valence-electron chi connectivity index (χ0n) is 13.1. The van der Waals surface area contributed by atoms with Crippen LogP contribution in [-0.2, 0) is 0 Å². The maximum Gasteiger partial charge on any atom is 0.0846 e. The van der Waals surface area contributed by atoms with Crippen LogP contribution in [0.25, 0.3) is 0 Å². The van der Waals surface area contributed by atoms with Gasteiger partial charge in [-0.2, -0.15) is 0 Å². The highest BCUT2D eigenvalue weighted by atomic mass is 28.3. The van der Waals surface area contributed by atoms with Crippen LogP contribution in [-0.4, -0.2) is 8.07 Å². The molecule has 0 spiro atoms. The predicted molar refractivity (Wildman–Crippen MR) is 93.3 cm³/mol. The standard InChI is InChI=1S/C19H28Si/c1-4-11-18(17-12-7-5-8-13-17)16-20(2,3)19-14-9-6-10-15-19/h4,6,9-10,14-15H,1,5,7-8,11-13,16H2,2-3H3. The third-order valence-electron chi connectivity index (χ3n) is 4.56. The molecule has 1 aromatic rings. The Hall–Kier alpha value is -1.08. The lowest BCUT2D eigenvalue weighted by molar-refractivity contribution is 0.591. The Morgan fingerprint density at radius 2 is 1.75 bits per heavy atom. The van der Waals surface area contributed by atoms with Gasteiger partial charge in [-0.3, -0.25) is 0 Å². The molecule has 0 nitrogen and oxygen atoms in total. The van der Waals surface area contributed by atoms with Crippen molar-refractivity contribution in [1.82, 2.24) is 0 Å². The summed E-state index contributed by atoms with van der Waals surface area (Å²) in [5.74, 6) is 0. The molecule has 20 heavy (non-hydrogen) atoms. The van der Waals surface area contributed by atoms with Gasteiger partial charge in [-0.1, -0.05) is 72.3 Å². The summed E-state index contributed by atoms with van der Waals surface area (Å²) in [7, 11) is -1.37. The van der Waals surface area contributed by atoms with E-state index in [2.05, 4.69) is 56.1 Å². The number of hydrogen-bond acceptors (Lipinski definition) is 0. The molecule has 0 atom stereocenters. The number of allylic oxidation sites excluding steroid dienone is 3. The van der Waals surface area contributed by atoms with E-state index in [1.165, 1.54) is 38.1 Å². The monoisotopic (exact) mass is 284 g/mol. The summed E-state index contributed by atoms with van der Waals surface area (Å²) in [5, 5.41) is 1.58. The Morgan fingerprint density at radius 1 is 1.10 bits per heavy atom. The Kier molecular flexibility index (Phi) is 5.42. The van der Waals surface area contributed by atoms with Crippen LogP contribution in [0.15, 0.2) is 54.1 Å². The lowest BCUT2D eigenvalue weighted by Gasteiger charge is -2.27. The average Bonchev–Trinajstić information content (AvgIpc) is 2.48. The maximum atomic E-state index is 3.98. The fourth-order valence-corrected chi connectivity index (χ4v) is 6.13. The van der Waals surface area contributed by atoms with Crippen molar-refractivity contribution in [1.29, 1.82) is 0 Å². The summed E-state index contributed by atoms with van der Waals surface area (Å²) in [6.07, 6.45) is 10.1. The van der Waals surface area contributed by atoms with E-state index in [0.29, 0.717) is 0 Å². The fourth-order valence-electron chi connectivity index (χ4n) is 3.37. The first kappa shape index (κ1) is 15.3. The van der Waals surface area contributed by atoms with E-state index in [-0.39, 0.29) is 0 Å². The molecule has 0 heterocycles. The molecule has 1 fully saturated rings. The molecule has 0 N–H and O–H groups in total. The van der Waals surface area contributed by atoms with Gasteiger partial charge in [0.2, 0.25) is 0 Å². The first-order valence-corrected chi connectivity index (χ1v) is 11.2. The van der Waals surface area contributed by atoms with Crippen LogP contribution in [0.4, 0.5) is 0 Å². The molecule has 0 aliphatic heterocycles. The van der Waals surface area contributed by atoms with Gasteiger partial charge in [-0.25, -0.2) is 0 Å². The quantitative estimate of drug-likeness (QED) is 0.499. The summed E-state index contributed by atoms with van der Waals surface area (Å²) < 4.78 is 0. The average molecular weight is 285 g/mol. The molecule has 1 aromatic carbocycles. The summed E-state index contributed by atoms with van der Waals surface area (Å²) in [5.41, 5.74) is 3.47. The third kappa shape index (κ3) is 3.96. The molecule has 0 amide bonds. The molecular weight excluding hydrogens is 256 g/mol. The first-order chi connectivity index (χ1) is 9.63. The molecule has 1 saturated carbocycles. The topological polar surface area (TPSA) is 0 Å². The minimum absolute atomic E-state index is 1.10. The summed E-state index contributed by atoms with van der Waals surface area (Å²) >= 11 is 0. The van der Waals surface area contributed by atoms with E-state index < -0.39 is 8.07 Å². The first-order valence-electron chi connectivity index (χ1n) is 7.99. The van der Waals surface area contributed by atoms with Crippen LogP contribution in [0.5, 0.6) is 0 Å². The fraction of sp³-hybridized carbons (Fsp3) is 0.474. The minimum Gasteiger partial charge on any atom is -0.103 e. The van der Waals surface area contributed by atoms with Crippen molar-refractivity contribution in [3.05, 3.63) is 54.1 Å². The highest BCUT2D eigenvalue weighted by Gasteiger charge is 2.25. The van der Waals surface area contributed by atoms with Gasteiger partial charge in [0, 0.05) is 0 Å². The van der Waals surface area contributed by atoms with Gasteiger partial charge in [0.05, 0.1) is 8.07 Å². The van der Waals surface area contributed by atoms with Crippen molar-refractivity contribution in [2.24, 2.45) is 0 Å². The van der Waals surface area contributed by atoms with Gasteiger partial charge in [0.15, 0.2) is 0 Å². The van der Waals surface area contributed by atoms with Gasteiger partial charge < -0.3 is 0 Å². The van der Waals surface area contributed by atoms with E-state index in [1.54, 1.807) is 16.3 Å². The van der Waals surface area contributed by atoms with E-state index in [1.807, 2.05) is 0 Å². The summed E-state index contributed by atoms with van der Waals surface area (Å²) in [6.45, 7) is 9.00. The molecule has 0 saturated heterocycles. The van der Waals surface area contributed by atoms with Crippen molar-refractivity contribution in [2.45, 2.75) is 57.7 Å². The summed E-state index contributed by atoms with van der Waals surface area (Å²) in [6, 6.07) is 12.4. The van der Waals surface area contributed by atoms with Crippen molar-refractivity contribution in [3.63, 3.8) is 0 Å². The van der Waals surface area contributed by atoms with Crippen LogP contribution >= 0.6 is 0 Å². The molecule has 2 rings (SSSR count). The summed E-state index contributed by atoms with van der Waals surface area (Å²) in [4.78, 5) is 0. The Bertz CT molecular complexity index is 460. The largest absolute Gasteiger partial charge is 0.103 e. The highest BCUT2D eigenvalue weighted by Crippen LogP contribution is 2.31. The van der Waals surface area contributed by atoms with Crippen molar-refractivity contribution < 1.29 is 0 Å². The smallest absolute Gasteiger partial charge is 0.0846 e. The zero-order valence-corrected chi connectivity index (χ0v) is 14.1. The van der Waals surface area contributed by atoms with Gasteiger partial charge >= 0.3 is 0 Å². The molecule has 1 aliphatic carbocycles. The van der Waals surface area contributed by atoms with E-state index in [4.69, 9.17) is 0 Å². The molecule has 108 valence electrons. The molecule has 1 aliphatic rings. The van der Waals surface area contributed by atoms with Gasteiger partial charge in [-0.15, -0.1) is 6.58 Å². The molecule has 0 bridgehead atoms. The Balaban J connectivity index is 2.21. The number of hydrogen-bond donors (Lipinski definition) is 0. The number of benzene rings is 1. The normalized spacial score (nSPS) is 16.0.